The quantitative estimate of drug-likeness (QED) is 0.356. The summed E-state index contributed by atoms with van der Waals surface area (Å²) >= 11 is 0. The number of rotatable bonds is 11. The fraction of sp³-hybridized carbons (Fsp3) is 0.375. The summed E-state index contributed by atoms with van der Waals surface area (Å²) in [5.41, 5.74) is 4.10. The number of sulfone groups is 1. The molecule has 2 aromatic carbocycles. The summed E-state index contributed by atoms with van der Waals surface area (Å²) in [4.78, 5) is 36.5. The first-order chi connectivity index (χ1) is 16.6. The van der Waals surface area contributed by atoms with E-state index in [1.54, 1.807) is 0 Å². The maximum atomic E-state index is 12.7. The molecular formula is C24H28N2O8S. The third-order valence-corrected chi connectivity index (χ3v) is 6.74. The number of hydrogen-bond donors (Lipinski definition) is 4. The molecule has 1 aliphatic rings. The summed E-state index contributed by atoms with van der Waals surface area (Å²) in [7, 11) is -3.46. The Morgan fingerprint density at radius 3 is 2.03 bits per heavy atom. The minimum Gasteiger partial charge on any atom is -0.480 e. The van der Waals surface area contributed by atoms with E-state index in [-0.39, 0.29) is 25.4 Å². The molecule has 11 heteroatoms. The molecule has 2 atom stereocenters. The number of carboxylic acids is 1. The average molecular weight is 505 g/mol. The van der Waals surface area contributed by atoms with Gasteiger partial charge in [-0.25, -0.2) is 18.0 Å². The topological polar surface area (TPSA) is 159 Å². The molecule has 4 N–H and O–H groups in total. The van der Waals surface area contributed by atoms with Crippen molar-refractivity contribution < 1.29 is 37.8 Å². The molecule has 1 unspecified atom stereocenters. The van der Waals surface area contributed by atoms with Crippen molar-refractivity contribution in [2.75, 3.05) is 25.2 Å². The maximum Gasteiger partial charge on any atom is 0.407 e. The molecule has 0 radical (unpaired) electrons. The zero-order chi connectivity index (χ0) is 25.6. The molecule has 0 aliphatic heterocycles. The van der Waals surface area contributed by atoms with Crippen LogP contribution in [0.2, 0.25) is 0 Å². The molecule has 10 nitrogen and oxygen atoms in total. The van der Waals surface area contributed by atoms with Crippen LogP contribution in [-0.4, -0.2) is 73.9 Å². The van der Waals surface area contributed by atoms with Crippen LogP contribution in [-0.2, 0) is 24.2 Å². The Kier molecular flexibility index (Phi) is 8.47. The molecule has 0 saturated carbocycles. The Bertz CT molecular complexity index is 1150. The van der Waals surface area contributed by atoms with E-state index in [1.165, 1.54) is 0 Å². The molecular weight excluding hydrogens is 476 g/mol. The zero-order valence-corrected chi connectivity index (χ0v) is 20.0. The van der Waals surface area contributed by atoms with E-state index >= 15 is 0 Å². The third kappa shape index (κ3) is 6.80. The van der Waals surface area contributed by atoms with Crippen molar-refractivity contribution in [2.24, 2.45) is 0 Å². The summed E-state index contributed by atoms with van der Waals surface area (Å²) < 4.78 is 28.6. The number of aliphatic hydroxyl groups excluding tert-OH is 1. The molecule has 188 valence electrons. The van der Waals surface area contributed by atoms with E-state index in [1.807, 2.05) is 48.5 Å². The molecule has 0 heterocycles. The highest BCUT2D eigenvalue weighted by Crippen LogP contribution is 2.44. The second kappa shape index (κ2) is 11.3. The molecule has 35 heavy (non-hydrogen) atoms. The van der Waals surface area contributed by atoms with Gasteiger partial charge in [-0.05, 0) is 28.7 Å². The summed E-state index contributed by atoms with van der Waals surface area (Å²) in [5, 5.41) is 22.8. The normalized spacial score (nSPS) is 14.3. The van der Waals surface area contributed by atoms with Gasteiger partial charge in [0.05, 0.1) is 5.75 Å². The molecule has 0 bridgehead atoms. The van der Waals surface area contributed by atoms with Crippen LogP contribution in [0.4, 0.5) is 4.79 Å². The van der Waals surface area contributed by atoms with Crippen LogP contribution in [0.3, 0.4) is 0 Å². The number of carbonyl (C=O) groups excluding carboxylic acids is 2. The van der Waals surface area contributed by atoms with Crippen molar-refractivity contribution >= 4 is 27.8 Å². The van der Waals surface area contributed by atoms with E-state index in [0.29, 0.717) is 0 Å². The minimum atomic E-state index is -3.46. The number of aliphatic hydroxyl groups is 1. The molecule has 0 spiro atoms. The van der Waals surface area contributed by atoms with Gasteiger partial charge in [-0.2, -0.15) is 0 Å². The molecule has 2 aromatic rings. The SMILES string of the molecule is CS(=O)(=O)CCC(NC(=O)OCC1c2ccccc2-c2ccccc21)C(=O)N[C@@H](CCO)C(=O)O. The number of carboxylic acid groups (broad SMARTS) is 1. The Balaban J connectivity index is 1.69. The summed E-state index contributed by atoms with van der Waals surface area (Å²) in [6, 6.07) is 12.8. The number of carbonyl (C=O) groups is 3. The Morgan fingerprint density at radius 1 is 0.943 bits per heavy atom. The number of amides is 2. The predicted octanol–water partition coefficient (Wildman–Crippen LogP) is 1.28. The lowest BCUT2D eigenvalue weighted by Crippen LogP contribution is -2.52. The second-order valence-corrected chi connectivity index (χ2v) is 10.6. The van der Waals surface area contributed by atoms with Crippen molar-refractivity contribution in [1.29, 1.82) is 0 Å². The fourth-order valence-corrected chi connectivity index (χ4v) is 4.71. The first-order valence-electron chi connectivity index (χ1n) is 11.0. The molecule has 3 rings (SSSR count). The van der Waals surface area contributed by atoms with Gasteiger partial charge >= 0.3 is 12.1 Å². The lowest BCUT2D eigenvalue weighted by molar-refractivity contribution is -0.142. The van der Waals surface area contributed by atoms with Crippen LogP contribution in [0, 0.1) is 0 Å². The first kappa shape index (κ1) is 26.2. The first-order valence-corrected chi connectivity index (χ1v) is 13.1. The van der Waals surface area contributed by atoms with Crippen molar-refractivity contribution in [3.05, 3.63) is 59.7 Å². The van der Waals surface area contributed by atoms with E-state index in [4.69, 9.17) is 9.84 Å². The van der Waals surface area contributed by atoms with Gasteiger partial charge in [-0.15, -0.1) is 0 Å². The second-order valence-electron chi connectivity index (χ2n) is 8.35. The van der Waals surface area contributed by atoms with Crippen molar-refractivity contribution in [1.82, 2.24) is 10.6 Å². The van der Waals surface area contributed by atoms with E-state index in [9.17, 15) is 27.9 Å². The predicted molar refractivity (Wildman–Crippen MR) is 128 cm³/mol. The van der Waals surface area contributed by atoms with Crippen LogP contribution in [0.25, 0.3) is 11.1 Å². The van der Waals surface area contributed by atoms with E-state index < -0.39 is 52.3 Å². The number of hydrogen-bond acceptors (Lipinski definition) is 7. The summed E-state index contributed by atoms with van der Waals surface area (Å²) in [6.45, 7) is -0.492. The number of benzene rings is 2. The largest absolute Gasteiger partial charge is 0.480 e. The monoisotopic (exact) mass is 504 g/mol. The molecule has 0 aromatic heterocycles. The molecule has 1 aliphatic carbocycles. The van der Waals surface area contributed by atoms with Gasteiger partial charge in [0, 0.05) is 25.2 Å². The number of fused-ring (bicyclic) bond motifs is 3. The Labute approximate surface area is 203 Å². The van der Waals surface area contributed by atoms with Gasteiger partial charge in [0.1, 0.15) is 28.5 Å². The highest BCUT2D eigenvalue weighted by Gasteiger charge is 2.31. The number of nitrogens with one attached hydrogen (secondary N) is 2. The number of alkyl carbamates (subject to hydrolysis) is 1. The fourth-order valence-electron chi connectivity index (χ4n) is 4.04. The molecule has 0 saturated heterocycles. The summed E-state index contributed by atoms with van der Waals surface area (Å²) in [6.07, 6.45) is -0.471. The van der Waals surface area contributed by atoms with Crippen molar-refractivity contribution in [2.45, 2.75) is 30.8 Å². The Morgan fingerprint density at radius 2 is 1.51 bits per heavy atom. The highest BCUT2D eigenvalue weighted by atomic mass is 32.2. The Hall–Kier alpha value is -3.44. The zero-order valence-electron chi connectivity index (χ0n) is 19.1. The number of aliphatic carboxylic acids is 1. The lowest BCUT2D eigenvalue weighted by atomic mass is 9.98. The third-order valence-electron chi connectivity index (χ3n) is 5.76. The van der Waals surface area contributed by atoms with E-state index in [0.717, 1.165) is 28.5 Å². The summed E-state index contributed by atoms with van der Waals surface area (Å²) in [5.74, 6) is -2.87. The van der Waals surface area contributed by atoms with Crippen LogP contribution in [0.15, 0.2) is 48.5 Å². The van der Waals surface area contributed by atoms with Gasteiger partial charge in [-0.3, -0.25) is 4.79 Å². The van der Waals surface area contributed by atoms with Crippen LogP contribution in [0.1, 0.15) is 29.9 Å². The molecule has 0 fully saturated rings. The maximum absolute atomic E-state index is 12.7. The van der Waals surface area contributed by atoms with E-state index in [2.05, 4.69) is 10.6 Å². The van der Waals surface area contributed by atoms with Crippen LogP contribution >= 0.6 is 0 Å². The lowest BCUT2D eigenvalue weighted by Gasteiger charge is -2.21. The average Bonchev–Trinajstić information content (AvgIpc) is 3.13. The highest BCUT2D eigenvalue weighted by molar-refractivity contribution is 7.90. The van der Waals surface area contributed by atoms with Crippen LogP contribution < -0.4 is 10.6 Å². The minimum absolute atomic E-state index is 0.0114. The number of ether oxygens (including phenoxy) is 1. The standard InChI is InChI=1S/C24H28N2O8S/c1-35(32,33)13-11-20(22(28)25-21(10-12-27)23(29)30)26-24(31)34-14-19-17-8-4-2-6-15(17)16-7-3-5-9-18(16)19/h2-9,19-21,27H,10-14H2,1H3,(H,25,28)(H,26,31)(H,29,30)/t20?,21-/m0/s1. The smallest absolute Gasteiger partial charge is 0.407 e. The van der Waals surface area contributed by atoms with Crippen molar-refractivity contribution in [3.8, 4) is 11.1 Å². The van der Waals surface area contributed by atoms with Gasteiger partial charge in [0.15, 0.2) is 0 Å². The van der Waals surface area contributed by atoms with Crippen LogP contribution in [0.5, 0.6) is 0 Å². The van der Waals surface area contributed by atoms with Gasteiger partial charge in [-0.1, -0.05) is 48.5 Å². The van der Waals surface area contributed by atoms with Gasteiger partial charge in [0.25, 0.3) is 0 Å². The van der Waals surface area contributed by atoms with Crippen molar-refractivity contribution in [3.63, 3.8) is 0 Å². The van der Waals surface area contributed by atoms with Gasteiger partial charge < -0.3 is 25.6 Å². The van der Waals surface area contributed by atoms with Gasteiger partial charge in [0.2, 0.25) is 5.91 Å². The molecule has 2 amide bonds.